The SMILES string of the molecule is CC(C)C(C)CN(C)CC(F)(F)CN. The van der Waals surface area contributed by atoms with Crippen molar-refractivity contribution in [2.24, 2.45) is 17.6 Å². The molecule has 0 fully saturated rings. The van der Waals surface area contributed by atoms with E-state index in [0.717, 1.165) is 0 Å². The molecule has 1 atom stereocenters. The summed E-state index contributed by atoms with van der Waals surface area (Å²) in [4.78, 5) is 1.65. The smallest absolute Gasteiger partial charge is 0.272 e. The third kappa shape index (κ3) is 5.50. The fourth-order valence-corrected chi connectivity index (χ4v) is 1.23. The van der Waals surface area contributed by atoms with Crippen molar-refractivity contribution in [2.45, 2.75) is 26.7 Å². The summed E-state index contributed by atoms with van der Waals surface area (Å²) in [6.45, 7) is 6.13. The molecule has 2 nitrogen and oxygen atoms in total. The second-order valence-corrected chi connectivity index (χ2v) is 4.48. The second kappa shape index (κ2) is 5.61. The Bertz CT molecular complexity index is 160. The average Bonchev–Trinajstić information content (AvgIpc) is 2.02. The molecule has 4 heteroatoms. The summed E-state index contributed by atoms with van der Waals surface area (Å²) >= 11 is 0. The van der Waals surface area contributed by atoms with Gasteiger partial charge in [0.05, 0.1) is 13.1 Å². The van der Waals surface area contributed by atoms with E-state index in [0.29, 0.717) is 18.4 Å². The largest absolute Gasteiger partial charge is 0.325 e. The zero-order valence-corrected chi connectivity index (χ0v) is 9.56. The molecule has 86 valence electrons. The van der Waals surface area contributed by atoms with Gasteiger partial charge < -0.3 is 10.6 Å². The predicted octanol–water partition coefficient (Wildman–Crippen LogP) is 1.80. The molecule has 0 heterocycles. The molecular formula is C10H22F2N2. The molecular weight excluding hydrogens is 186 g/mol. The average molecular weight is 208 g/mol. The molecule has 0 aromatic rings. The Labute approximate surface area is 85.5 Å². The molecule has 0 saturated heterocycles. The Hall–Kier alpha value is -0.220. The molecule has 0 rings (SSSR count). The number of hydrogen-bond donors (Lipinski definition) is 1. The first-order chi connectivity index (χ1) is 6.28. The highest BCUT2D eigenvalue weighted by molar-refractivity contribution is 4.73. The quantitative estimate of drug-likeness (QED) is 0.721. The Kier molecular flexibility index (Phi) is 5.52. The van der Waals surface area contributed by atoms with Crippen LogP contribution in [0, 0.1) is 11.8 Å². The van der Waals surface area contributed by atoms with Crippen LogP contribution in [0.5, 0.6) is 0 Å². The van der Waals surface area contributed by atoms with Crippen LogP contribution in [0.25, 0.3) is 0 Å². The first kappa shape index (κ1) is 13.8. The normalized spacial score (nSPS) is 15.2. The Balaban J connectivity index is 3.92. The van der Waals surface area contributed by atoms with E-state index in [4.69, 9.17) is 5.73 Å². The van der Waals surface area contributed by atoms with Crippen molar-refractivity contribution in [3.63, 3.8) is 0 Å². The maximum absolute atomic E-state index is 12.9. The fourth-order valence-electron chi connectivity index (χ4n) is 1.23. The van der Waals surface area contributed by atoms with Crippen LogP contribution in [0.2, 0.25) is 0 Å². The van der Waals surface area contributed by atoms with E-state index in [1.165, 1.54) is 0 Å². The molecule has 0 spiro atoms. The molecule has 0 aliphatic rings. The fraction of sp³-hybridized carbons (Fsp3) is 1.00. The van der Waals surface area contributed by atoms with E-state index in [9.17, 15) is 8.78 Å². The van der Waals surface area contributed by atoms with Gasteiger partial charge in [0, 0.05) is 6.54 Å². The molecule has 1 unspecified atom stereocenters. The minimum atomic E-state index is -2.76. The van der Waals surface area contributed by atoms with Crippen molar-refractivity contribution in [1.82, 2.24) is 4.90 Å². The van der Waals surface area contributed by atoms with Crippen LogP contribution in [0.15, 0.2) is 0 Å². The van der Waals surface area contributed by atoms with E-state index in [1.54, 1.807) is 11.9 Å². The molecule has 0 aromatic carbocycles. The maximum Gasteiger partial charge on any atom is 0.272 e. The summed E-state index contributed by atoms with van der Waals surface area (Å²) in [6, 6.07) is 0. The summed E-state index contributed by atoms with van der Waals surface area (Å²) in [5.74, 6) is -1.82. The Morgan fingerprint density at radius 2 is 1.79 bits per heavy atom. The van der Waals surface area contributed by atoms with E-state index in [2.05, 4.69) is 20.8 Å². The van der Waals surface area contributed by atoms with Gasteiger partial charge in [-0.2, -0.15) is 0 Å². The molecule has 0 aromatic heterocycles. The summed E-state index contributed by atoms with van der Waals surface area (Å²) in [7, 11) is 1.71. The van der Waals surface area contributed by atoms with Gasteiger partial charge in [-0.25, -0.2) is 8.78 Å². The summed E-state index contributed by atoms with van der Waals surface area (Å²) in [5.41, 5.74) is 4.97. The van der Waals surface area contributed by atoms with Crippen LogP contribution in [0.1, 0.15) is 20.8 Å². The highest BCUT2D eigenvalue weighted by atomic mass is 19.3. The van der Waals surface area contributed by atoms with E-state index >= 15 is 0 Å². The predicted molar refractivity (Wildman–Crippen MR) is 55.5 cm³/mol. The Morgan fingerprint density at radius 1 is 1.29 bits per heavy atom. The molecule has 0 radical (unpaired) electrons. The van der Waals surface area contributed by atoms with E-state index < -0.39 is 12.5 Å². The third-order valence-corrected chi connectivity index (χ3v) is 2.54. The molecule has 14 heavy (non-hydrogen) atoms. The minimum Gasteiger partial charge on any atom is -0.325 e. The molecule has 0 bridgehead atoms. The summed E-state index contributed by atoms with van der Waals surface area (Å²) in [5, 5.41) is 0. The zero-order valence-electron chi connectivity index (χ0n) is 9.56. The van der Waals surface area contributed by atoms with Crippen LogP contribution in [0.4, 0.5) is 8.78 Å². The lowest BCUT2D eigenvalue weighted by Gasteiger charge is -2.26. The van der Waals surface area contributed by atoms with Gasteiger partial charge in [-0.3, -0.25) is 0 Å². The topological polar surface area (TPSA) is 29.3 Å². The molecule has 0 aliphatic heterocycles. The highest BCUT2D eigenvalue weighted by Crippen LogP contribution is 2.15. The molecule has 0 amide bonds. The number of alkyl halides is 2. The standard InChI is InChI=1S/C10H22F2N2/c1-8(2)9(3)5-14(4)7-10(11,12)6-13/h8-9H,5-7,13H2,1-4H3. The molecule has 0 aliphatic carbocycles. The minimum absolute atomic E-state index is 0.249. The van der Waals surface area contributed by atoms with Crippen LogP contribution in [-0.2, 0) is 0 Å². The van der Waals surface area contributed by atoms with Crippen molar-refractivity contribution in [2.75, 3.05) is 26.7 Å². The number of hydrogen-bond acceptors (Lipinski definition) is 2. The van der Waals surface area contributed by atoms with Crippen LogP contribution < -0.4 is 5.73 Å². The van der Waals surface area contributed by atoms with Crippen LogP contribution in [-0.4, -0.2) is 37.5 Å². The van der Waals surface area contributed by atoms with Crippen LogP contribution >= 0.6 is 0 Å². The van der Waals surface area contributed by atoms with Crippen molar-refractivity contribution in [3.8, 4) is 0 Å². The Morgan fingerprint density at radius 3 is 2.14 bits per heavy atom. The van der Waals surface area contributed by atoms with Crippen molar-refractivity contribution < 1.29 is 8.78 Å². The van der Waals surface area contributed by atoms with Gasteiger partial charge in [0.1, 0.15) is 0 Å². The monoisotopic (exact) mass is 208 g/mol. The van der Waals surface area contributed by atoms with Crippen LogP contribution in [0.3, 0.4) is 0 Å². The highest BCUT2D eigenvalue weighted by Gasteiger charge is 2.28. The lowest BCUT2D eigenvalue weighted by molar-refractivity contribution is -0.0209. The van der Waals surface area contributed by atoms with Crippen molar-refractivity contribution in [1.29, 1.82) is 0 Å². The zero-order chi connectivity index (χ0) is 11.4. The lowest BCUT2D eigenvalue weighted by Crippen LogP contribution is -2.41. The van der Waals surface area contributed by atoms with Gasteiger partial charge in [-0.1, -0.05) is 20.8 Å². The van der Waals surface area contributed by atoms with Gasteiger partial charge in [0.2, 0.25) is 0 Å². The van der Waals surface area contributed by atoms with Gasteiger partial charge in [0.15, 0.2) is 0 Å². The molecule has 2 N–H and O–H groups in total. The van der Waals surface area contributed by atoms with Crippen molar-refractivity contribution in [3.05, 3.63) is 0 Å². The second-order valence-electron chi connectivity index (χ2n) is 4.48. The first-order valence-corrected chi connectivity index (χ1v) is 5.05. The molecule has 0 saturated carbocycles. The third-order valence-electron chi connectivity index (χ3n) is 2.54. The van der Waals surface area contributed by atoms with Gasteiger partial charge in [0.25, 0.3) is 5.92 Å². The number of halogens is 2. The van der Waals surface area contributed by atoms with Crippen molar-refractivity contribution >= 4 is 0 Å². The number of nitrogens with zero attached hydrogens (tertiary/aromatic N) is 1. The van der Waals surface area contributed by atoms with E-state index in [1.807, 2.05) is 0 Å². The maximum atomic E-state index is 12.9. The summed E-state index contributed by atoms with van der Waals surface area (Å²) < 4.78 is 25.8. The van der Waals surface area contributed by atoms with Gasteiger partial charge in [-0.05, 0) is 18.9 Å². The van der Waals surface area contributed by atoms with Gasteiger partial charge >= 0.3 is 0 Å². The van der Waals surface area contributed by atoms with Gasteiger partial charge in [-0.15, -0.1) is 0 Å². The van der Waals surface area contributed by atoms with E-state index in [-0.39, 0.29) is 6.54 Å². The number of rotatable bonds is 6. The summed E-state index contributed by atoms with van der Waals surface area (Å²) in [6.07, 6.45) is 0. The lowest BCUT2D eigenvalue weighted by atomic mass is 9.98. The number of nitrogens with two attached hydrogens (primary N) is 1. The first-order valence-electron chi connectivity index (χ1n) is 5.05.